The van der Waals surface area contributed by atoms with E-state index in [0.717, 1.165) is 21.3 Å². The number of nitrogens with zero attached hydrogens (tertiary/aromatic N) is 2. The SMILES string of the molecule is Clc1cc2cc(NCc3cnc(Cl)s3)ccc2cn1. The van der Waals surface area contributed by atoms with Gasteiger partial charge < -0.3 is 5.32 Å². The van der Waals surface area contributed by atoms with E-state index in [2.05, 4.69) is 15.3 Å². The lowest BCUT2D eigenvalue weighted by atomic mass is 10.1. The Kier molecular flexibility index (Phi) is 3.55. The molecule has 96 valence electrons. The van der Waals surface area contributed by atoms with Crippen molar-refractivity contribution >= 4 is 51.0 Å². The van der Waals surface area contributed by atoms with Crippen LogP contribution < -0.4 is 5.32 Å². The minimum Gasteiger partial charge on any atom is -0.380 e. The summed E-state index contributed by atoms with van der Waals surface area (Å²) < 4.78 is 0.563. The summed E-state index contributed by atoms with van der Waals surface area (Å²) in [5, 5.41) is 5.96. The molecule has 19 heavy (non-hydrogen) atoms. The third kappa shape index (κ3) is 2.97. The van der Waals surface area contributed by atoms with Gasteiger partial charge in [-0.1, -0.05) is 29.3 Å². The van der Waals surface area contributed by atoms with E-state index in [-0.39, 0.29) is 0 Å². The van der Waals surface area contributed by atoms with E-state index in [4.69, 9.17) is 23.2 Å². The Balaban J connectivity index is 1.81. The minimum atomic E-state index is 0.499. The van der Waals surface area contributed by atoms with E-state index >= 15 is 0 Å². The number of halogens is 2. The maximum Gasteiger partial charge on any atom is 0.183 e. The molecule has 0 bridgehead atoms. The topological polar surface area (TPSA) is 37.8 Å². The fraction of sp³-hybridized carbons (Fsp3) is 0.0769. The Labute approximate surface area is 124 Å². The van der Waals surface area contributed by atoms with Gasteiger partial charge in [0, 0.05) is 28.3 Å². The maximum absolute atomic E-state index is 5.89. The van der Waals surface area contributed by atoms with Gasteiger partial charge in [0.05, 0.1) is 6.54 Å². The van der Waals surface area contributed by atoms with Gasteiger partial charge in [-0.25, -0.2) is 9.97 Å². The van der Waals surface area contributed by atoms with Crippen molar-refractivity contribution in [1.29, 1.82) is 0 Å². The summed E-state index contributed by atoms with van der Waals surface area (Å²) in [6, 6.07) is 7.93. The first-order valence-electron chi connectivity index (χ1n) is 5.60. The molecule has 0 unspecified atom stereocenters. The monoisotopic (exact) mass is 309 g/mol. The first-order chi connectivity index (χ1) is 9.20. The van der Waals surface area contributed by atoms with Gasteiger partial charge in [0.1, 0.15) is 5.15 Å². The van der Waals surface area contributed by atoms with Crippen LogP contribution in [0, 0.1) is 0 Å². The van der Waals surface area contributed by atoms with Crippen molar-refractivity contribution in [3.63, 3.8) is 0 Å². The molecule has 0 spiro atoms. The number of hydrogen-bond acceptors (Lipinski definition) is 4. The molecular weight excluding hydrogens is 301 g/mol. The summed E-state index contributed by atoms with van der Waals surface area (Å²) in [6.45, 7) is 0.703. The number of pyridine rings is 1. The lowest BCUT2D eigenvalue weighted by Crippen LogP contribution is -1.97. The maximum atomic E-state index is 5.89. The van der Waals surface area contributed by atoms with Crippen molar-refractivity contribution in [2.75, 3.05) is 5.32 Å². The van der Waals surface area contributed by atoms with Crippen LogP contribution in [0.4, 0.5) is 5.69 Å². The highest BCUT2D eigenvalue weighted by atomic mass is 35.5. The minimum absolute atomic E-state index is 0.499. The van der Waals surface area contributed by atoms with Crippen molar-refractivity contribution < 1.29 is 0 Å². The van der Waals surface area contributed by atoms with Gasteiger partial charge in [-0.05, 0) is 23.6 Å². The van der Waals surface area contributed by atoms with Gasteiger partial charge >= 0.3 is 0 Å². The highest BCUT2D eigenvalue weighted by molar-refractivity contribution is 7.15. The van der Waals surface area contributed by atoms with Crippen molar-refractivity contribution in [3.05, 3.63) is 51.2 Å². The molecule has 0 radical (unpaired) electrons. The number of thiazole rings is 1. The molecule has 0 fully saturated rings. The van der Waals surface area contributed by atoms with Gasteiger partial charge in [-0.15, -0.1) is 11.3 Å². The number of fused-ring (bicyclic) bond motifs is 1. The highest BCUT2D eigenvalue weighted by Gasteiger charge is 2.01. The molecule has 0 amide bonds. The lowest BCUT2D eigenvalue weighted by molar-refractivity contribution is 1.18. The smallest absolute Gasteiger partial charge is 0.183 e. The fourth-order valence-corrected chi connectivity index (χ4v) is 2.86. The van der Waals surface area contributed by atoms with Crippen LogP contribution in [0.5, 0.6) is 0 Å². The number of aromatic nitrogens is 2. The molecule has 3 nitrogen and oxygen atoms in total. The third-order valence-corrected chi connectivity index (χ3v) is 4.00. The Hall–Kier alpha value is -1.36. The first kappa shape index (κ1) is 12.7. The van der Waals surface area contributed by atoms with Crippen LogP contribution in [0.2, 0.25) is 9.62 Å². The second-order valence-electron chi connectivity index (χ2n) is 4.00. The highest BCUT2D eigenvalue weighted by Crippen LogP contribution is 2.23. The van der Waals surface area contributed by atoms with Crippen molar-refractivity contribution in [2.45, 2.75) is 6.54 Å². The molecule has 2 heterocycles. The van der Waals surface area contributed by atoms with E-state index in [1.165, 1.54) is 11.3 Å². The normalized spacial score (nSPS) is 10.8. The molecule has 0 aliphatic carbocycles. The van der Waals surface area contributed by atoms with Crippen molar-refractivity contribution in [3.8, 4) is 0 Å². The zero-order valence-corrected chi connectivity index (χ0v) is 12.1. The molecule has 0 saturated carbocycles. The molecule has 0 saturated heterocycles. The molecule has 1 aromatic carbocycles. The number of nitrogens with one attached hydrogen (secondary N) is 1. The van der Waals surface area contributed by atoms with E-state index in [1.54, 1.807) is 12.4 Å². The van der Waals surface area contributed by atoms with Gasteiger partial charge in [0.2, 0.25) is 0 Å². The second kappa shape index (κ2) is 5.33. The summed E-state index contributed by atoms with van der Waals surface area (Å²) in [7, 11) is 0. The number of anilines is 1. The number of hydrogen-bond donors (Lipinski definition) is 1. The average Bonchev–Trinajstić information content (AvgIpc) is 2.81. The van der Waals surface area contributed by atoms with E-state index in [1.807, 2.05) is 24.3 Å². The molecule has 0 aliphatic heterocycles. The summed E-state index contributed by atoms with van der Waals surface area (Å²) in [6.07, 6.45) is 3.55. The lowest BCUT2D eigenvalue weighted by Gasteiger charge is -2.06. The van der Waals surface area contributed by atoms with Crippen LogP contribution >= 0.6 is 34.5 Å². The summed E-state index contributed by atoms with van der Waals surface area (Å²) in [4.78, 5) is 9.16. The molecule has 0 aliphatic rings. The van der Waals surface area contributed by atoms with Crippen molar-refractivity contribution in [2.24, 2.45) is 0 Å². The largest absolute Gasteiger partial charge is 0.380 e. The zero-order chi connectivity index (χ0) is 13.2. The Morgan fingerprint density at radius 3 is 2.74 bits per heavy atom. The van der Waals surface area contributed by atoms with E-state index in [0.29, 0.717) is 16.2 Å². The van der Waals surface area contributed by atoms with Gasteiger partial charge in [-0.3, -0.25) is 0 Å². The fourth-order valence-electron chi connectivity index (χ4n) is 1.78. The third-order valence-electron chi connectivity index (χ3n) is 2.68. The Morgan fingerprint density at radius 2 is 1.95 bits per heavy atom. The van der Waals surface area contributed by atoms with Crippen LogP contribution in [0.1, 0.15) is 4.88 Å². The van der Waals surface area contributed by atoms with E-state index in [9.17, 15) is 0 Å². The summed E-state index contributed by atoms with van der Waals surface area (Å²) in [5.41, 5.74) is 1.03. The molecule has 6 heteroatoms. The summed E-state index contributed by atoms with van der Waals surface area (Å²) in [5.74, 6) is 0. The average molecular weight is 310 g/mol. The molecule has 3 aromatic rings. The zero-order valence-electron chi connectivity index (χ0n) is 9.73. The van der Waals surface area contributed by atoms with Gasteiger partial charge in [0.25, 0.3) is 0 Å². The Bertz CT molecular complexity index is 727. The van der Waals surface area contributed by atoms with Crippen molar-refractivity contribution in [1.82, 2.24) is 9.97 Å². The van der Waals surface area contributed by atoms with Crippen LogP contribution in [0.15, 0.2) is 36.7 Å². The molecule has 0 atom stereocenters. The predicted octanol–water partition coefficient (Wildman–Crippen LogP) is 4.61. The molecule has 3 rings (SSSR count). The van der Waals surface area contributed by atoms with E-state index < -0.39 is 0 Å². The first-order valence-corrected chi connectivity index (χ1v) is 7.17. The van der Waals surface area contributed by atoms with Gasteiger partial charge in [0.15, 0.2) is 4.47 Å². The predicted molar refractivity (Wildman–Crippen MR) is 81.2 cm³/mol. The van der Waals surface area contributed by atoms with Crippen LogP contribution in [0.3, 0.4) is 0 Å². The quantitative estimate of drug-likeness (QED) is 0.718. The molecule has 2 aromatic heterocycles. The van der Waals surface area contributed by atoms with Gasteiger partial charge in [-0.2, -0.15) is 0 Å². The number of benzene rings is 1. The summed E-state index contributed by atoms with van der Waals surface area (Å²) >= 11 is 13.2. The Morgan fingerprint density at radius 1 is 1.05 bits per heavy atom. The second-order valence-corrected chi connectivity index (χ2v) is 6.09. The molecular formula is C13H9Cl2N3S. The standard InChI is InChI=1S/C13H9Cl2N3S/c14-12-4-9-3-10(2-1-8(9)5-17-12)16-6-11-7-18-13(15)19-11/h1-5,7,16H,6H2. The van der Waals surface area contributed by atoms with Crippen LogP contribution in [0.25, 0.3) is 10.8 Å². The number of rotatable bonds is 3. The molecule has 1 N–H and O–H groups in total. The van der Waals surface area contributed by atoms with Crippen LogP contribution in [-0.4, -0.2) is 9.97 Å². The van der Waals surface area contributed by atoms with Crippen LogP contribution in [-0.2, 0) is 6.54 Å².